The Bertz CT molecular complexity index is 1060. The molecule has 2 amide bonds. The molecule has 0 spiro atoms. The van der Waals surface area contributed by atoms with Crippen LogP contribution in [-0.2, 0) is 4.79 Å². The number of halogens is 1. The number of nitrogen functional groups attached to an aromatic ring is 1. The molecule has 2 fully saturated rings. The third-order valence-electron chi connectivity index (χ3n) is 7.45. The van der Waals surface area contributed by atoms with Crippen LogP contribution in [0.5, 0.6) is 0 Å². The summed E-state index contributed by atoms with van der Waals surface area (Å²) in [4.78, 5) is 30.7. The van der Waals surface area contributed by atoms with Gasteiger partial charge in [0, 0.05) is 26.2 Å². The molecule has 4 N–H and O–H groups in total. The summed E-state index contributed by atoms with van der Waals surface area (Å²) in [5.74, 6) is -1.39. The summed E-state index contributed by atoms with van der Waals surface area (Å²) in [6.45, 7) is 4.76. The normalized spacial score (nSPS) is 18.8. The Balaban J connectivity index is 1.53. The number of anilines is 3. The van der Waals surface area contributed by atoms with Crippen LogP contribution in [0, 0.1) is 18.7 Å². The van der Waals surface area contributed by atoms with Gasteiger partial charge in [0.15, 0.2) is 5.82 Å². The van der Waals surface area contributed by atoms with Crippen LogP contribution in [0.15, 0.2) is 22.9 Å². The van der Waals surface area contributed by atoms with Gasteiger partial charge in [-0.2, -0.15) is 0 Å². The van der Waals surface area contributed by atoms with Crippen molar-refractivity contribution in [3.63, 3.8) is 0 Å². The molecule has 1 unspecified atom stereocenters. The Morgan fingerprint density at radius 2 is 1.78 bits per heavy atom. The van der Waals surface area contributed by atoms with E-state index in [1.807, 2.05) is 11.9 Å². The quantitative estimate of drug-likeness (QED) is 0.519. The number of hydrogen-bond acceptors (Lipinski definition) is 7. The molecule has 1 aliphatic heterocycles. The van der Waals surface area contributed by atoms with Gasteiger partial charge < -0.3 is 30.7 Å². The molecule has 2 aromatic rings. The molecule has 10 heteroatoms. The lowest BCUT2D eigenvalue weighted by atomic mass is 9.85. The van der Waals surface area contributed by atoms with Crippen molar-refractivity contribution in [1.29, 1.82) is 0 Å². The van der Waals surface area contributed by atoms with Crippen LogP contribution < -0.4 is 21.3 Å². The van der Waals surface area contributed by atoms with E-state index in [9.17, 15) is 9.59 Å². The van der Waals surface area contributed by atoms with Gasteiger partial charge in [0.1, 0.15) is 17.9 Å². The molecule has 4 rings (SSSR count). The molecule has 36 heavy (non-hydrogen) atoms. The highest BCUT2D eigenvalue weighted by molar-refractivity contribution is 6.02. The summed E-state index contributed by atoms with van der Waals surface area (Å²) < 4.78 is 20.2. The smallest absolute Gasteiger partial charge is 0.257 e. The van der Waals surface area contributed by atoms with Crippen LogP contribution in [-0.4, -0.2) is 61.1 Å². The van der Waals surface area contributed by atoms with Crippen molar-refractivity contribution in [1.82, 2.24) is 15.4 Å². The highest BCUT2D eigenvalue weighted by atomic mass is 19.1. The molecule has 1 aromatic heterocycles. The van der Waals surface area contributed by atoms with Gasteiger partial charge in [-0.3, -0.25) is 9.59 Å². The lowest BCUT2D eigenvalue weighted by Crippen LogP contribution is -2.49. The molecule has 2 heterocycles. The molecule has 196 valence electrons. The lowest BCUT2D eigenvalue weighted by Gasteiger charge is -2.34. The number of nitrogens with zero attached hydrogens (tertiary/aromatic N) is 3. The van der Waals surface area contributed by atoms with Gasteiger partial charge in [-0.1, -0.05) is 37.3 Å². The number of aromatic nitrogens is 1. The zero-order chi connectivity index (χ0) is 25.7. The molecular weight excluding hydrogens is 463 g/mol. The zero-order valence-electron chi connectivity index (χ0n) is 21.2. The molecule has 0 bridgehead atoms. The van der Waals surface area contributed by atoms with Crippen molar-refractivity contribution in [2.24, 2.45) is 5.92 Å². The van der Waals surface area contributed by atoms with Crippen LogP contribution in [0.4, 0.5) is 21.5 Å². The Hall–Kier alpha value is -3.14. The average molecular weight is 501 g/mol. The molecule has 1 atom stereocenters. The number of nitrogens with two attached hydrogens (primary N) is 1. The highest BCUT2D eigenvalue weighted by Gasteiger charge is 2.32. The van der Waals surface area contributed by atoms with E-state index in [2.05, 4.69) is 20.7 Å². The van der Waals surface area contributed by atoms with Gasteiger partial charge in [-0.05, 0) is 44.9 Å². The lowest BCUT2D eigenvalue weighted by molar-refractivity contribution is -0.119. The number of hydrogen-bond donors (Lipinski definition) is 3. The zero-order valence-corrected chi connectivity index (χ0v) is 21.2. The topological polar surface area (TPSA) is 117 Å². The first kappa shape index (κ1) is 25.9. The van der Waals surface area contributed by atoms with Crippen LogP contribution in [0.2, 0.25) is 0 Å². The van der Waals surface area contributed by atoms with E-state index in [0.717, 1.165) is 51.6 Å². The van der Waals surface area contributed by atoms with Crippen LogP contribution in [0.1, 0.15) is 61.0 Å². The molecule has 2 aliphatic rings. The molecular formula is C26H37FN6O3. The van der Waals surface area contributed by atoms with E-state index >= 15 is 4.39 Å². The molecule has 0 radical (unpaired) electrons. The summed E-state index contributed by atoms with van der Waals surface area (Å²) in [5.41, 5.74) is 7.45. The maximum Gasteiger partial charge on any atom is 0.257 e. The number of aryl methyl sites for hydroxylation is 1. The second-order valence-electron chi connectivity index (χ2n) is 10.0. The van der Waals surface area contributed by atoms with Gasteiger partial charge in [0.2, 0.25) is 5.91 Å². The van der Waals surface area contributed by atoms with E-state index in [1.54, 1.807) is 19.1 Å². The summed E-state index contributed by atoms with van der Waals surface area (Å²) in [5, 5.41) is 9.47. The van der Waals surface area contributed by atoms with E-state index in [-0.39, 0.29) is 17.3 Å². The third kappa shape index (κ3) is 5.98. The monoisotopic (exact) mass is 500 g/mol. The minimum Gasteiger partial charge on any atom is -0.395 e. The summed E-state index contributed by atoms with van der Waals surface area (Å²) in [6, 6.07) is 2.52. The van der Waals surface area contributed by atoms with E-state index in [4.69, 9.17) is 10.3 Å². The molecule has 1 saturated heterocycles. The molecule has 1 saturated carbocycles. The predicted octanol–water partition coefficient (Wildman–Crippen LogP) is 3.55. The fourth-order valence-electron chi connectivity index (χ4n) is 5.14. The Labute approximate surface area is 211 Å². The number of benzene rings is 1. The largest absolute Gasteiger partial charge is 0.395 e. The SMILES string of the molecule is Cc1nocc1C(=O)NC(C(=O)Nc1ccc(N2CCN(C)CC2)c(F)c1N)C1CCCCCCC1. The first-order valence-electron chi connectivity index (χ1n) is 12.9. The highest BCUT2D eigenvalue weighted by Crippen LogP contribution is 2.32. The number of carbonyl (C=O) groups excluding carboxylic acids is 2. The van der Waals surface area contributed by atoms with Gasteiger partial charge in [-0.25, -0.2) is 4.39 Å². The maximum atomic E-state index is 15.3. The van der Waals surface area contributed by atoms with Crippen molar-refractivity contribution < 1.29 is 18.5 Å². The first-order chi connectivity index (χ1) is 17.3. The summed E-state index contributed by atoms with van der Waals surface area (Å²) in [7, 11) is 2.04. The Kier molecular flexibility index (Phi) is 8.45. The van der Waals surface area contributed by atoms with Crippen molar-refractivity contribution in [2.45, 2.75) is 57.9 Å². The van der Waals surface area contributed by atoms with Crippen molar-refractivity contribution in [3.8, 4) is 0 Å². The van der Waals surface area contributed by atoms with Gasteiger partial charge in [-0.15, -0.1) is 0 Å². The van der Waals surface area contributed by atoms with E-state index in [0.29, 0.717) is 30.0 Å². The number of rotatable bonds is 6. The van der Waals surface area contributed by atoms with Crippen LogP contribution in [0.25, 0.3) is 0 Å². The minimum absolute atomic E-state index is 0.0369. The standard InChI is InChI=1S/C26H37FN6O3/c1-17-19(16-36-31-17)25(34)30-24(18-8-6-4-3-5-7-9-18)26(35)29-20-10-11-21(22(27)23(20)28)33-14-12-32(2)13-15-33/h10-11,16,18,24H,3-9,12-15,28H2,1-2H3,(H,29,35)(H,30,34). The number of carbonyl (C=O) groups is 2. The maximum absolute atomic E-state index is 15.3. The fraction of sp³-hybridized carbons (Fsp3) is 0.577. The first-order valence-corrected chi connectivity index (χ1v) is 12.9. The Morgan fingerprint density at radius 3 is 2.42 bits per heavy atom. The van der Waals surface area contributed by atoms with Crippen LogP contribution in [0.3, 0.4) is 0 Å². The Morgan fingerprint density at radius 1 is 1.11 bits per heavy atom. The summed E-state index contributed by atoms with van der Waals surface area (Å²) in [6.07, 6.45) is 8.32. The second kappa shape index (κ2) is 11.7. The fourth-order valence-corrected chi connectivity index (χ4v) is 5.14. The van der Waals surface area contributed by atoms with Crippen molar-refractivity contribution in [3.05, 3.63) is 35.5 Å². The van der Waals surface area contributed by atoms with E-state index < -0.39 is 23.7 Å². The molecule has 9 nitrogen and oxygen atoms in total. The number of nitrogens with one attached hydrogen (secondary N) is 2. The van der Waals surface area contributed by atoms with Gasteiger partial charge in [0.25, 0.3) is 5.91 Å². The minimum atomic E-state index is -0.787. The number of likely N-dealkylation sites (N-methyl/N-ethyl adjacent to an activating group) is 1. The third-order valence-corrected chi connectivity index (χ3v) is 7.45. The van der Waals surface area contributed by atoms with Crippen molar-refractivity contribution >= 4 is 28.9 Å². The number of amides is 2. The van der Waals surface area contributed by atoms with Gasteiger partial charge in [0.05, 0.1) is 22.8 Å². The average Bonchev–Trinajstić information content (AvgIpc) is 3.27. The van der Waals surface area contributed by atoms with Crippen LogP contribution >= 0.6 is 0 Å². The molecule has 1 aliphatic carbocycles. The predicted molar refractivity (Wildman–Crippen MR) is 137 cm³/mol. The second-order valence-corrected chi connectivity index (χ2v) is 10.0. The number of piperazine rings is 1. The molecule has 1 aromatic carbocycles. The summed E-state index contributed by atoms with van der Waals surface area (Å²) >= 11 is 0. The van der Waals surface area contributed by atoms with Crippen molar-refractivity contribution in [2.75, 3.05) is 49.2 Å². The van der Waals surface area contributed by atoms with E-state index in [1.165, 1.54) is 12.7 Å². The van der Waals surface area contributed by atoms with Gasteiger partial charge >= 0.3 is 0 Å².